The number of benzene rings is 3. The Bertz CT molecular complexity index is 1150. The van der Waals surface area contributed by atoms with Gasteiger partial charge in [0, 0.05) is 16.1 Å². The first-order chi connectivity index (χ1) is 13.1. The molecule has 134 valence electrons. The van der Waals surface area contributed by atoms with Crippen molar-refractivity contribution in [2.24, 2.45) is 0 Å². The molecule has 3 nitrogen and oxygen atoms in total. The summed E-state index contributed by atoms with van der Waals surface area (Å²) < 4.78 is 13.2. The van der Waals surface area contributed by atoms with E-state index in [1.54, 1.807) is 6.07 Å². The molecule has 4 rings (SSSR count). The highest BCUT2D eigenvalue weighted by Gasteiger charge is 2.14. The predicted octanol–water partition coefficient (Wildman–Crippen LogP) is 6.11. The van der Waals surface area contributed by atoms with Crippen LogP contribution in [0.2, 0.25) is 0 Å². The largest absolute Gasteiger partial charge is 0.485 e. The lowest BCUT2D eigenvalue weighted by Crippen LogP contribution is -2.04. The predicted molar refractivity (Wildman–Crippen MR) is 111 cm³/mol. The summed E-state index contributed by atoms with van der Waals surface area (Å²) in [6, 6.07) is 22.8. The van der Waals surface area contributed by atoms with Gasteiger partial charge in [0.1, 0.15) is 12.4 Å². The molecule has 0 N–H and O–H groups in total. The Kier molecular flexibility index (Phi) is 4.82. The summed E-state index contributed by atoms with van der Waals surface area (Å²) >= 11 is 3.42. The van der Waals surface area contributed by atoms with Gasteiger partial charge in [-0.3, -0.25) is 4.79 Å². The summed E-state index contributed by atoms with van der Waals surface area (Å²) in [5, 5.41) is 0.518. The number of hydrogen-bond acceptors (Lipinski definition) is 3. The number of rotatable bonds is 4. The van der Waals surface area contributed by atoms with Gasteiger partial charge >= 0.3 is 0 Å². The highest BCUT2D eigenvalue weighted by molar-refractivity contribution is 9.10. The number of aryl methyl sites for hydroxylation is 1. The van der Waals surface area contributed by atoms with Gasteiger partial charge in [-0.1, -0.05) is 64.5 Å². The maximum atomic E-state index is 12.7. The lowest BCUT2D eigenvalue weighted by molar-refractivity contribution is 0.303. The molecule has 0 atom stereocenters. The van der Waals surface area contributed by atoms with Gasteiger partial charge in [0.2, 0.25) is 0 Å². The van der Waals surface area contributed by atoms with E-state index < -0.39 is 0 Å². The fourth-order valence-corrected chi connectivity index (χ4v) is 3.22. The fourth-order valence-electron chi connectivity index (χ4n) is 2.96. The Balaban J connectivity index is 1.81. The molecule has 0 aliphatic carbocycles. The van der Waals surface area contributed by atoms with Crippen LogP contribution in [-0.2, 0) is 6.61 Å². The monoisotopic (exact) mass is 420 g/mol. The Morgan fingerprint density at radius 1 is 0.963 bits per heavy atom. The average Bonchev–Trinajstić information content (AvgIpc) is 2.68. The second-order valence-electron chi connectivity index (χ2n) is 6.34. The first kappa shape index (κ1) is 17.6. The average molecular weight is 421 g/mol. The zero-order chi connectivity index (χ0) is 18.8. The van der Waals surface area contributed by atoms with Crippen molar-refractivity contribution in [2.45, 2.75) is 13.5 Å². The van der Waals surface area contributed by atoms with E-state index in [-0.39, 0.29) is 5.43 Å². The number of fused-ring (bicyclic) bond motifs is 1. The number of halogens is 1. The summed E-state index contributed by atoms with van der Waals surface area (Å²) in [7, 11) is 0. The molecule has 0 saturated carbocycles. The minimum absolute atomic E-state index is 0.0845. The molecule has 0 saturated heterocycles. The van der Waals surface area contributed by atoms with Gasteiger partial charge < -0.3 is 9.15 Å². The van der Waals surface area contributed by atoms with Crippen LogP contribution in [0.1, 0.15) is 11.1 Å². The Morgan fingerprint density at radius 3 is 2.44 bits per heavy atom. The first-order valence-electron chi connectivity index (χ1n) is 8.62. The molecule has 0 amide bonds. The van der Waals surface area contributed by atoms with Crippen molar-refractivity contribution in [2.75, 3.05) is 0 Å². The third-order valence-electron chi connectivity index (χ3n) is 4.40. The summed E-state index contributed by atoms with van der Waals surface area (Å²) in [4.78, 5) is 12.7. The lowest BCUT2D eigenvalue weighted by atomic mass is 10.1. The van der Waals surface area contributed by atoms with Crippen LogP contribution < -0.4 is 10.2 Å². The maximum absolute atomic E-state index is 12.7. The Morgan fingerprint density at radius 2 is 1.70 bits per heavy atom. The number of ether oxygens (including phenoxy) is 1. The van der Waals surface area contributed by atoms with Crippen LogP contribution in [-0.4, -0.2) is 0 Å². The molecule has 1 heterocycles. The van der Waals surface area contributed by atoms with Gasteiger partial charge in [-0.2, -0.15) is 0 Å². The Labute approximate surface area is 165 Å². The highest BCUT2D eigenvalue weighted by Crippen LogP contribution is 2.32. The molecule has 4 heteroatoms. The van der Waals surface area contributed by atoms with Crippen LogP contribution in [0.25, 0.3) is 22.3 Å². The van der Waals surface area contributed by atoms with Crippen molar-refractivity contribution < 1.29 is 9.15 Å². The zero-order valence-electron chi connectivity index (χ0n) is 14.7. The normalized spacial score (nSPS) is 10.9. The summed E-state index contributed by atoms with van der Waals surface area (Å²) in [5.74, 6) is 1.13. The van der Waals surface area contributed by atoms with E-state index in [1.807, 2.05) is 67.6 Å². The second-order valence-corrected chi connectivity index (χ2v) is 7.26. The van der Waals surface area contributed by atoms with Gasteiger partial charge in [0.15, 0.2) is 16.8 Å². The number of hydrogen-bond donors (Lipinski definition) is 0. The van der Waals surface area contributed by atoms with Crippen LogP contribution in [0.3, 0.4) is 0 Å². The zero-order valence-corrected chi connectivity index (χ0v) is 16.3. The quantitative estimate of drug-likeness (QED) is 0.399. The molecule has 0 fully saturated rings. The van der Waals surface area contributed by atoms with Gasteiger partial charge in [0.25, 0.3) is 0 Å². The van der Waals surface area contributed by atoms with Crippen molar-refractivity contribution in [3.8, 4) is 17.1 Å². The van der Waals surface area contributed by atoms with Gasteiger partial charge in [0.05, 0.1) is 5.39 Å². The molecular formula is C23H17BrO3. The first-order valence-corrected chi connectivity index (χ1v) is 9.41. The van der Waals surface area contributed by atoms with E-state index in [0.717, 1.165) is 21.2 Å². The van der Waals surface area contributed by atoms with E-state index in [1.165, 1.54) is 6.07 Å². The molecule has 0 aliphatic rings. The van der Waals surface area contributed by atoms with Crippen molar-refractivity contribution in [3.63, 3.8) is 0 Å². The van der Waals surface area contributed by atoms with E-state index in [0.29, 0.717) is 29.1 Å². The second kappa shape index (κ2) is 7.41. The molecule has 0 bridgehead atoms. The minimum Gasteiger partial charge on any atom is -0.485 e. The van der Waals surface area contributed by atoms with Crippen molar-refractivity contribution in [1.29, 1.82) is 0 Å². The van der Waals surface area contributed by atoms with Gasteiger partial charge in [-0.05, 0) is 36.2 Å². The van der Waals surface area contributed by atoms with Crippen LogP contribution in [0, 0.1) is 6.92 Å². The summed E-state index contributed by atoms with van der Waals surface area (Å²) in [6.07, 6.45) is 0. The molecule has 0 aliphatic heterocycles. The molecule has 0 unspecified atom stereocenters. The van der Waals surface area contributed by atoms with E-state index >= 15 is 0 Å². The van der Waals surface area contributed by atoms with Crippen molar-refractivity contribution >= 4 is 26.9 Å². The molecule has 27 heavy (non-hydrogen) atoms. The van der Waals surface area contributed by atoms with Crippen LogP contribution in [0.5, 0.6) is 5.75 Å². The fraction of sp³-hybridized carbons (Fsp3) is 0.0870. The van der Waals surface area contributed by atoms with Crippen molar-refractivity contribution in [1.82, 2.24) is 0 Å². The van der Waals surface area contributed by atoms with Crippen LogP contribution >= 0.6 is 15.9 Å². The molecule has 4 aromatic rings. The molecular weight excluding hydrogens is 404 g/mol. The summed E-state index contributed by atoms with van der Waals surface area (Å²) in [6.45, 7) is 2.36. The smallest absolute Gasteiger partial charge is 0.193 e. The Hall–Kier alpha value is -2.85. The van der Waals surface area contributed by atoms with Gasteiger partial charge in [-0.25, -0.2) is 0 Å². The third-order valence-corrected chi connectivity index (χ3v) is 4.93. The topological polar surface area (TPSA) is 39.4 Å². The molecule has 0 radical (unpaired) electrons. The molecule has 1 aromatic heterocycles. The summed E-state index contributed by atoms with van der Waals surface area (Å²) in [5.41, 5.74) is 3.22. The van der Waals surface area contributed by atoms with Crippen LogP contribution in [0.4, 0.5) is 0 Å². The SMILES string of the molecule is Cc1ccc2c(=O)cc(-c3ccc(Br)cc3)oc2c1OCc1ccccc1. The standard InChI is InChI=1S/C23H17BrO3/c1-15-7-12-19-20(25)13-21(17-8-10-18(24)11-9-17)27-23(19)22(15)26-14-16-5-3-2-4-6-16/h2-13H,14H2,1H3. The van der Waals surface area contributed by atoms with E-state index in [9.17, 15) is 4.79 Å². The molecule has 3 aromatic carbocycles. The van der Waals surface area contributed by atoms with E-state index in [4.69, 9.17) is 9.15 Å². The maximum Gasteiger partial charge on any atom is 0.193 e. The lowest BCUT2D eigenvalue weighted by Gasteiger charge is -2.12. The van der Waals surface area contributed by atoms with E-state index in [2.05, 4.69) is 15.9 Å². The van der Waals surface area contributed by atoms with Gasteiger partial charge in [-0.15, -0.1) is 0 Å². The third kappa shape index (κ3) is 3.67. The highest BCUT2D eigenvalue weighted by atomic mass is 79.9. The molecule has 0 spiro atoms. The minimum atomic E-state index is -0.0845. The van der Waals surface area contributed by atoms with Crippen LogP contribution in [0.15, 0.2) is 86.5 Å². The van der Waals surface area contributed by atoms with Crippen molar-refractivity contribution in [3.05, 3.63) is 98.6 Å².